The van der Waals surface area contributed by atoms with Gasteiger partial charge in [0.2, 0.25) is 0 Å². The number of rotatable bonds is 0. The number of fused-ring (bicyclic) bond motifs is 4. The van der Waals surface area contributed by atoms with Crippen LogP contribution in [-0.4, -0.2) is 12.6 Å². The van der Waals surface area contributed by atoms with Crippen molar-refractivity contribution in [3.05, 3.63) is 28.3 Å². The third-order valence-electron chi connectivity index (χ3n) is 3.42. The van der Waals surface area contributed by atoms with Crippen LogP contribution in [-0.2, 0) is 6.18 Å². The van der Waals surface area contributed by atoms with Gasteiger partial charge < -0.3 is 10.1 Å². The van der Waals surface area contributed by atoms with E-state index in [2.05, 4.69) is 5.32 Å². The van der Waals surface area contributed by atoms with Crippen molar-refractivity contribution in [2.45, 2.75) is 31.2 Å². The Labute approximate surface area is 119 Å². The van der Waals surface area contributed by atoms with Crippen molar-refractivity contribution in [3.63, 3.8) is 0 Å². The van der Waals surface area contributed by atoms with Crippen LogP contribution < -0.4 is 10.1 Å². The van der Waals surface area contributed by atoms with Gasteiger partial charge in [-0.2, -0.15) is 13.2 Å². The molecule has 2 aliphatic heterocycles. The maximum atomic E-state index is 12.7. The Balaban J connectivity index is 0.00000133. The van der Waals surface area contributed by atoms with Gasteiger partial charge in [0.1, 0.15) is 11.9 Å². The van der Waals surface area contributed by atoms with Crippen molar-refractivity contribution in [2.24, 2.45) is 0 Å². The molecule has 0 radical (unpaired) electrons. The molecule has 0 saturated carbocycles. The number of alkyl halides is 3. The quantitative estimate of drug-likeness (QED) is 0.782. The van der Waals surface area contributed by atoms with E-state index in [1.165, 1.54) is 0 Å². The van der Waals surface area contributed by atoms with Gasteiger partial charge in [-0.3, -0.25) is 0 Å². The molecule has 0 spiro atoms. The van der Waals surface area contributed by atoms with Gasteiger partial charge in [0.25, 0.3) is 0 Å². The molecule has 1 saturated heterocycles. The summed E-state index contributed by atoms with van der Waals surface area (Å²) < 4.78 is 43.7. The molecule has 106 valence electrons. The minimum absolute atomic E-state index is 0. The first-order chi connectivity index (χ1) is 8.45. The van der Waals surface area contributed by atoms with Crippen molar-refractivity contribution in [2.75, 3.05) is 6.54 Å². The first kappa shape index (κ1) is 14.8. The maximum absolute atomic E-state index is 12.7. The van der Waals surface area contributed by atoms with Crippen LogP contribution in [0.25, 0.3) is 0 Å². The second-order valence-corrected chi connectivity index (χ2v) is 5.05. The van der Waals surface area contributed by atoms with Crippen molar-refractivity contribution < 1.29 is 17.9 Å². The summed E-state index contributed by atoms with van der Waals surface area (Å²) >= 11 is 5.98. The van der Waals surface area contributed by atoms with Gasteiger partial charge in [-0.05, 0) is 25.1 Å². The molecule has 2 bridgehead atoms. The molecule has 19 heavy (non-hydrogen) atoms. The van der Waals surface area contributed by atoms with E-state index in [1.54, 1.807) is 0 Å². The topological polar surface area (TPSA) is 21.3 Å². The molecular formula is C12H12Cl2F3NO. The van der Waals surface area contributed by atoms with Crippen LogP contribution in [0.3, 0.4) is 0 Å². The van der Waals surface area contributed by atoms with Crippen LogP contribution in [0.15, 0.2) is 12.1 Å². The normalized spacial score (nSPS) is 25.1. The molecule has 2 nitrogen and oxygen atoms in total. The monoisotopic (exact) mass is 313 g/mol. The van der Waals surface area contributed by atoms with Crippen molar-refractivity contribution in [1.82, 2.24) is 5.32 Å². The first-order valence-electron chi connectivity index (χ1n) is 5.76. The molecule has 1 fully saturated rings. The lowest BCUT2D eigenvalue weighted by atomic mass is 9.91. The fraction of sp³-hybridized carbons (Fsp3) is 0.500. The summed E-state index contributed by atoms with van der Waals surface area (Å²) in [5.74, 6) is 0.267. The second kappa shape index (κ2) is 5.04. The molecule has 7 heteroatoms. The van der Waals surface area contributed by atoms with E-state index in [4.69, 9.17) is 16.3 Å². The zero-order valence-corrected chi connectivity index (χ0v) is 11.3. The smallest absolute Gasteiger partial charge is 0.416 e. The van der Waals surface area contributed by atoms with Crippen LogP contribution in [0.2, 0.25) is 5.02 Å². The number of nitrogens with one attached hydrogen (secondary N) is 1. The number of hydrogen-bond acceptors (Lipinski definition) is 2. The predicted octanol–water partition coefficient (Wildman–Crippen LogP) is 3.97. The van der Waals surface area contributed by atoms with Crippen molar-refractivity contribution >= 4 is 24.0 Å². The highest BCUT2D eigenvalue weighted by Crippen LogP contribution is 2.45. The summed E-state index contributed by atoms with van der Waals surface area (Å²) in [6.45, 7) is 0.798. The maximum Gasteiger partial charge on any atom is 0.416 e. The summed E-state index contributed by atoms with van der Waals surface area (Å²) in [5.41, 5.74) is -0.105. The van der Waals surface area contributed by atoms with Crippen LogP contribution >= 0.6 is 24.0 Å². The van der Waals surface area contributed by atoms with Gasteiger partial charge in [-0.25, -0.2) is 0 Å². The van der Waals surface area contributed by atoms with Crippen LogP contribution in [0, 0.1) is 0 Å². The average molecular weight is 314 g/mol. The molecule has 1 aromatic carbocycles. The fourth-order valence-electron chi connectivity index (χ4n) is 2.58. The SMILES string of the molecule is Cl.FC(F)(F)c1cc(Cl)c2c(c1)O[C@H]1CCN[C@@H]2C1. The van der Waals surface area contributed by atoms with Crippen LogP contribution in [0.4, 0.5) is 13.2 Å². The molecule has 1 N–H and O–H groups in total. The summed E-state index contributed by atoms with van der Waals surface area (Å²) in [6.07, 6.45) is -2.84. The van der Waals surface area contributed by atoms with E-state index in [-0.39, 0.29) is 35.3 Å². The Kier molecular flexibility index (Phi) is 3.91. The van der Waals surface area contributed by atoms with Gasteiger partial charge >= 0.3 is 6.18 Å². The Morgan fingerprint density at radius 1 is 1.32 bits per heavy atom. The second-order valence-electron chi connectivity index (χ2n) is 4.64. The lowest BCUT2D eigenvalue weighted by molar-refractivity contribution is -0.137. The molecular weight excluding hydrogens is 302 g/mol. The summed E-state index contributed by atoms with van der Waals surface area (Å²) in [7, 11) is 0. The molecule has 2 aliphatic rings. The summed E-state index contributed by atoms with van der Waals surface area (Å²) in [5, 5.41) is 3.38. The number of ether oxygens (including phenoxy) is 1. The van der Waals surface area contributed by atoms with Gasteiger partial charge in [0.05, 0.1) is 5.56 Å². The molecule has 0 amide bonds. The Bertz CT molecular complexity index is 493. The Morgan fingerprint density at radius 3 is 2.74 bits per heavy atom. The van der Waals surface area contributed by atoms with E-state index in [1.807, 2.05) is 0 Å². The van der Waals surface area contributed by atoms with Gasteiger partial charge in [0, 0.05) is 23.0 Å². The minimum Gasteiger partial charge on any atom is -0.490 e. The molecule has 1 aromatic rings. The van der Waals surface area contributed by atoms with Gasteiger partial charge in [-0.1, -0.05) is 11.6 Å². The third-order valence-corrected chi connectivity index (χ3v) is 3.73. The van der Waals surface area contributed by atoms with E-state index < -0.39 is 11.7 Å². The van der Waals surface area contributed by atoms with Crippen LogP contribution in [0.5, 0.6) is 5.75 Å². The number of halogens is 5. The standard InChI is InChI=1S/C12H11ClF3NO.ClH/c13-8-3-6(12(14,15)16)4-10-11(8)9-5-7(18-10)1-2-17-9;/h3-4,7,9,17H,1-2,5H2;1H/t7-,9+;/m0./s1. The molecule has 0 unspecified atom stereocenters. The number of benzene rings is 1. The number of hydrogen-bond donors (Lipinski definition) is 1. The molecule has 0 aromatic heterocycles. The largest absolute Gasteiger partial charge is 0.490 e. The Morgan fingerprint density at radius 2 is 2.05 bits per heavy atom. The lowest BCUT2D eigenvalue weighted by Gasteiger charge is -2.38. The minimum atomic E-state index is -4.40. The molecule has 2 heterocycles. The first-order valence-corrected chi connectivity index (χ1v) is 6.13. The number of piperidine rings is 1. The zero-order valence-electron chi connectivity index (χ0n) is 9.76. The van der Waals surface area contributed by atoms with E-state index in [9.17, 15) is 13.2 Å². The molecule has 2 atom stereocenters. The Hall–Kier alpha value is -0.650. The lowest BCUT2D eigenvalue weighted by Crippen LogP contribution is -2.40. The molecule has 0 aliphatic carbocycles. The summed E-state index contributed by atoms with van der Waals surface area (Å²) in [4.78, 5) is 0. The van der Waals surface area contributed by atoms with Gasteiger partial charge in [-0.15, -0.1) is 12.4 Å². The van der Waals surface area contributed by atoms with E-state index >= 15 is 0 Å². The highest BCUT2D eigenvalue weighted by atomic mass is 35.5. The average Bonchev–Trinajstić information content (AvgIpc) is 2.26. The van der Waals surface area contributed by atoms with E-state index in [0.29, 0.717) is 5.56 Å². The van der Waals surface area contributed by atoms with Crippen molar-refractivity contribution in [1.29, 1.82) is 0 Å². The highest BCUT2D eigenvalue weighted by Gasteiger charge is 2.37. The van der Waals surface area contributed by atoms with Gasteiger partial charge in [0.15, 0.2) is 0 Å². The predicted molar refractivity (Wildman–Crippen MR) is 68.1 cm³/mol. The van der Waals surface area contributed by atoms with E-state index in [0.717, 1.165) is 31.5 Å². The fourth-order valence-corrected chi connectivity index (χ4v) is 2.92. The molecule has 3 rings (SSSR count). The zero-order chi connectivity index (χ0) is 12.9. The third kappa shape index (κ3) is 2.64. The summed E-state index contributed by atoms with van der Waals surface area (Å²) in [6, 6.07) is 2.02. The highest BCUT2D eigenvalue weighted by molar-refractivity contribution is 6.31. The van der Waals surface area contributed by atoms with Crippen LogP contribution in [0.1, 0.15) is 30.0 Å². The van der Waals surface area contributed by atoms with Crippen molar-refractivity contribution in [3.8, 4) is 5.75 Å².